The Morgan fingerprint density at radius 3 is 2.10 bits per heavy atom. The van der Waals surface area contributed by atoms with Gasteiger partial charge in [-0.05, 0) is 60.8 Å². The van der Waals surface area contributed by atoms with Crippen LogP contribution < -0.4 is 26.6 Å². The molecule has 14 heteroatoms. The lowest BCUT2D eigenvalue weighted by atomic mass is 9.96. The Morgan fingerprint density at radius 2 is 1.54 bits per heavy atom. The largest absolute Gasteiger partial charge is 0.478 e. The molecule has 0 aromatic heterocycles. The Balaban J connectivity index is 2.99. The number of aliphatic hydroxyl groups excluding tert-OH is 1. The number of rotatable bonds is 22. The first-order valence-electron chi connectivity index (χ1n) is 16.6. The van der Waals surface area contributed by atoms with Crippen LogP contribution in [0.2, 0.25) is 0 Å². The Bertz CT molecular complexity index is 1230. The first-order valence-corrected chi connectivity index (χ1v) is 18.0. The standard InChI is InChI=1S/C34H55N5O8S/c1-8-11-25(31(43)35-19-23-12-10-13-24(17-23)34(46)47)37-29(42)18-28(41)27(16-20(3)4)39-32(44)26(14-15-48-7)38-33(45)30(21(5)9-2)36-22(6)40/h10,12-13,17,20-21,25-28,30,41H,8-9,11,14-16,18-19H2,1-7H3,(H,35,43)(H,36,40)(H,37,42)(H,38,45)(H,39,44)(H,46,47)/t21-,25-,26-,27-,28-,30-/m0/s1. The fraction of sp³-hybridized carbons (Fsp3) is 0.647. The second-order valence-electron chi connectivity index (χ2n) is 12.6. The van der Waals surface area contributed by atoms with E-state index >= 15 is 0 Å². The third-order valence-corrected chi connectivity index (χ3v) is 8.52. The number of carbonyl (C=O) groups excluding carboxylic acids is 5. The van der Waals surface area contributed by atoms with Gasteiger partial charge < -0.3 is 36.8 Å². The van der Waals surface area contributed by atoms with Crippen molar-refractivity contribution in [2.24, 2.45) is 11.8 Å². The highest BCUT2D eigenvalue weighted by Crippen LogP contribution is 2.14. The first kappa shape index (κ1) is 42.4. The summed E-state index contributed by atoms with van der Waals surface area (Å²) in [6.45, 7) is 10.8. The molecule has 270 valence electrons. The summed E-state index contributed by atoms with van der Waals surface area (Å²) in [6, 6.07) is 2.71. The van der Waals surface area contributed by atoms with Gasteiger partial charge in [-0.3, -0.25) is 24.0 Å². The van der Waals surface area contributed by atoms with Crippen LogP contribution in [-0.2, 0) is 30.5 Å². The molecule has 7 N–H and O–H groups in total. The highest BCUT2D eigenvalue weighted by Gasteiger charge is 2.32. The topological polar surface area (TPSA) is 203 Å². The number of benzene rings is 1. The molecule has 0 saturated heterocycles. The van der Waals surface area contributed by atoms with Crippen LogP contribution in [0.5, 0.6) is 0 Å². The molecule has 0 aliphatic carbocycles. The van der Waals surface area contributed by atoms with Crippen LogP contribution in [0.15, 0.2) is 24.3 Å². The van der Waals surface area contributed by atoms with E-state index in [0.717, 1.165) is 0 Å². The summed E-state index contributed by atoms with van der Waals surface area (Å²) in [5.41, 5.74) is 0.681. The van der Waals surface area contributed by atoms with Crippen molar-refractivity contribution in [1.82, 2.24) is 26.6 Å². The normalized spacial score (nSPS) is 14.9. The molecule has 0 aliphatic rings. The van der Waals surface area contributed by atoms with Gasteiger partial charge in [0.2, 0.25) is 29.5 Å². The summed E-state index contributed by atoms with van der Waals surface area (Å²) in [5, 5.41) is 34.1. The van der Waals surface area contributed by atoms with Crippen LogP contribution in [0.1, 0.15) is 96.0 Å². The molecule has 1 aromatic carbocycles. The maximum absolute atomic E-state index is 13.5. The molecule has 1 aromatic rings. The van der Waals surface area contributed by atoms with Gasteiger partial charge in [0.05, 0.1) is 24.1 Å². The lowest BCUT2D eigenvalue weighted by Gasteiger charge is -2.30. The summed E-state index contributed by atoms with van der Waals surface area (Å²) in [6.07, 6.45) is 2.42. The van der Waals surface area contributed by atoms with Gasteiger partial charge in [0.1, 0.15) is 18.1 Å². The summed E-state index contributed by atoms with van der Waals surface area (Å²) >= 11 is 1.50. The molecule has 6 atom stereocenters. The number of aromatic carboxylic acids is 1. The van der Waals surface area contributed by atoms with Gasteiger partial charge in [-0.15, -0.1) is 0 Å². The minimum absolute atomic E-state index is 0.0417. The van der Waals surface area contributed by atoms with Crippen molar-refractivity contribution in [3.05, 3.63) is 35.4 Å². The Labute approximate surface area is 288 Å². The predicted molar refractivity (Wildman–Crippen MR) is 186 cm³/mol. The number of carbonyl (C=O) groups is 6. The van der Waals surface area contributed by atoms with Crippen LogP contribution in [-0.4, -0.2) is 88.0 Å². The van der Waals surface area contributed by atoms with Crippen LogP contribution in [0.25, 0.3) is 0 Å². The average Bonchev–Trinajstić information content (AvgIpc) is 3.02. The number of aliphatic hydroxyl groups is 1. The predicted octanol–water partition coefficient (Wildman–Crippen LogP) is 2.36. The second kappa shape index (κ2) is 22.1. The zero-order chi connectivity index (χ0) is 36.4. The van der Waals surface area contributed by atoms with E-state index in [9.17, 15) is 39.0 Å². The van der Waals surface area contributed by atoms with Crippen molar-refractivity contribution in [2.75, 3.05) is 12.0 Å². The van der Waals surface area contributed by atoms with Crippen LogP contribution >= 0.6 is 11.8 Å². The Morgan fingerprint density at radius 1 is 0.875 bits per heavy atom. The minimum Gasteiger partial charge on any atom is -0.478 e. The number of hydrogen-bond donors (Lipinski definition) is 7. The van der Waals surface area contributed by atoms with E-state index in [1.165, 1.54) is 30.8 Å². The highest BCUT2D eigenvalue weighted by atomic mass is 32.2. The van der Waals surface area contributed by atoms with Crippen LogP contribution in [0, 0.1) is 11.8 Å². The molecule has 13 nitrogen and oxygen atoms in total. The third-order valence-electron chi connectivity index (χ3n) is 7.88. The molecule has 1 rings (SSSR count). The van der Waals surface area contributed by atoms with Crippen molar-refractivity contribution in [1.29, 1.82) is 0 Å². The van der Waals surface area contributed by atoms with E-state index in [-0.39, 0.29) is 36.3 Å². The van der Waals surface area contributed by atoms with Crippen molar-refractivity contribution in [3.8, 4) is 0 Å². The van der Waals surface area contributed by atoms with Crippen molar-refractivity contribution in [2.45, 2.75) is 117 Å². The van der Waals surface area contributed by atoms with E-state index in [1.807, 2.05) is 40.9 Å². The average molecular weight is 694 g/mol. The molecule has 0 spiro atoms. The summed E-state index contributed by atoms with van der Waals surface area (Å²) in [5.74, 6) is -3.02. The maximum atomic E-state index is 13.5. The summed E-state index contributed by atoms with van der Waals surface area (Å²) < 4.78 is 0. The van der Waals surface area contributed by atoms with Gasteiger partial charge in [0.15, 0.2) is 0 Å². The molecule has 0 unspecified atom stereocenters. The Kier molecular flexibility index (Phi) is 19.5. The number of hydrogen-bond acceptors (Lipinski definition) is 8. The molecule has 0 bridgehead atoms. The number of thioether (sulfide) groups is 1. The van der Waals surface area contributed by atoms with E-state index in [2.05, 4.69) is 26.6 Å². The fourth-order valence-corrected chi connectivity index (χ4v) is 5.53. The van der Waals surface area contributed by atoms with Crippen LogP contribution in [0.4, 0.5) is 0 Å². The van der Waals surface area contributed by atoms with Gasteiger partial charge >= 0.3 is 5.97 Å². The maximum Gasteiger partial charge on any atom is 0.335 e. The van der Waals surface area contributed by atoms with Crippen molar-refractivity contribution >= 4 is 47.3 Å². The molecule has 0 aliphatic heterocycles. The molecular weight excluding hydrogens is 638 g/mol. The lowest BCUT2D eigenvalue weighted by Crippen LogP contribution is -2.57. The summed E-state index contributed by atoms with van der Waals surface area (Å²) in [7, 11) is 0. The van der Waals surface area contributed by atoms with Gasteiger partial charge in [-0.1, -0.05) is 59.6 Å². The molecular formula is C34H55N5O8S. The minimum atomic E-state index is -1.29. The molecule has 0 saturated carbocycles. The van der Waals surface area contributed by atoms with Gasteiger partial charge in [-0.25, -0.2) is 4.79 Å². The second-order valence-corrected chi connectivity index (χ2v) is 13.5. The molecule has 0 heterocycles. The van der Waals surface area contributed by atoms with Gasteiger partial charge in [-0.2, -0.15) is 11.8 Å². The van der Waals surface area contributed by atoms with Gasteiger partial charge in [0, 0.05) is 13.5 Å². The van der Waals surface area contributed by atoms with Crippen molar-refractivity contribution in [3.63, 3.8) is 0 Å². The van der Waals surface area contributed by atoms with Crippen molar-refractivity contribution < 1.29 is 39.0 Å². The number of carboxylic acid groups (broad SMARTS) is 1. The van der Waals surface area contributed by atoms with E-state index < -0.39 is 59.9 Å². The van der Waals surface area contributed by atoms with E-state index in [4.69, 9.17) is 0 Å². The first-order chi connectivity index (χ1) is 22.6. The molecule has 0 fully saturated rings. The monoisotopic (exact) mass is 693 g/mol. The molecule has 5 amide bonds. The molecule has 0 radical (unpaired) electrons. The quantitative estimate of drug-likeness (QED) is 0.0952. The molecule has 48 heavy (non-hydrogen) atoms. The number of nitrogens with one attached hydrogen (secondary N) is 5. The fourth-order valence-electron chi connectivity index (χ4n) is 5.06. The van der Waals surface area contributed by atoms with Crippen LogP contribution in [0.3, 0.4) is 0 Å². The third kappa shape index (κ3) is 15.5. The SMILES string of the molecule is CCC[C@H](NC(=O)C[C@H](O)[C@H](CC(C)C)NC(=O)[C@H](CCSC)NC(=O)[C@@H](NC(C)=O)[C@@H](C)CC)C(=O)NCc1cccc(C(=O)O)c1. The zero-order valence-electron chi connectivity index (χ0n) is 29.3. The van der Waals surface area contributed by atoms with Gasteiger partial charge in [0.25, 0.3) is 0 Å². The highest BCUT2D eigenvalue weighted by molar-refractivity contribution is 7.98. The zero-order valence-corrected chi connectivity index (χ0v) is 30.1. The lowest BCUT2D eigenvalue weighted by molar-refractivity contribution is -0.133. The smallest absolute Gasteiger partial charge is 0.335 e. The van der Waals surface area contributed by atoms with E-state index in [0.29, 0.717) is 43.4 Å². The number of amides is 5. The number of carboxylic acids is 1. The van der Waals surface area contributed by atoms with E-state index in [1.54, 1.807) is 12.1 Å². The Hall–Kier alpha value is -3.65. The summed E-state index contributed by atoms with van der Waals surface area (Å²) in [4.78, 5) is 75.8.